The third-order valence-corrected chi connectivity index (χ3v) is 4.33. The van der Waals surface area contributed by atoms with Gasteiger partial charge in [-0.1, -0.05) is 44.2 Å². The lowest BCUT2D eigenvalue weighted by molar-refractivity contribution is -0.123. The molecule has 0 spiro atoms. The monoisotopic (exact) mass is 325 g/mol. The van der Waals surface area contributed by atoms with E-state index in [2.05, 4.69) is 51.2 Å². The van der Waals surface area contributed by atoms with E-state index in [9.17, 15) is 4.79 Å². The molecule has 0 saturated carbocycles. The zero-order chi connectivity index (χ0) is 17.7. The maximum atomic E-state index is 12.1. The largest absolute Gasteiger partial charge is 0.484 e. The van der Waals surface area contributed by atoms with Gasteiger partial charge < -0.3 is 10.1 Å². The fourth-order valence-electron chi connectivity index (χ4n) is 2.50. The summed E-state index contributed by atoms with van der Waals surface area (Å²) in [5.74, 6) is 1.09. The van der Waals surface area contributed by atoms with E-state index in [1.54, 1.807) is 0 Å². The van der Waals surface area contributed by atoms with E-state index < -0.39 is 0 Å². The Balaban J connectivity index is 1.87. The van der Waals surface area contributed by atoms with E-state index in [0.717, 1.165) is 5.56 Å². The Morgan fingerprint density at radius 1 is 0.958 bits per heavy atom. The number of nitrogens with one attached hydrogen (secondary N) is 1. The summed E-state index contributed by atoms with van der Waals surface area (Å²) < 4.78 is 5.57. The summed E-state index contributed by atoms with van der Waals surface area (Å²) in [6.45, 7) is 10.5. The van der Waals surface area contributed by atoms with Crippen molar-refractivity contribution >= 4 is 5.91 Å². The Morgan fingerprint density at radius 3 is 2.17 bits per heavy atom. The minimum Gasteiger partial charge on any atom is -0.484 e. The molecule has 1 amide bonds. The Morgan fingerprint density at radius 2 is 1.58 bits per heavy atom. The van der Waals surface area contributed by atoms with Crippen LogP contribution in [0.5, 0.6) is 5.75 Å². The highest BCUT2D eigenvalue weighted by molar-refractivity contribution is 5.78. The molecule has 0 aliphatic heterocycles. The van der Waals surface area contributed by atoms with E-state index in [0.29, 0.717) is 11.7 Å². The summed E-state index contributed by atoms with van der Waals surface area (Å²) in [4.78, 5) is 12.1. The second-order valence-corrected chi connectivity index (χ2v) is 6.65. The number of carbonyl (C=O) groups is 1. The molecular formula is C21H27NO2. The fraction of sp³-hybridized carbons (Fsp3) is 0.381. The topological polar surface area (TPSA) is 38.3 Å². The van der Waals surface area contributed by atoms with Crippen LogP contribution in [-0.4, -0.2) is 12.5 Å². The van der Waals surface area contributed by atoms with Gasteiger partial charge in [-0.3, -0.25) is 4.79 Å². The van der Waals surface area contributed by atoms with Crippen LogP contribution in [0.4, 0.5) is 0 Å². The van der Waals surface area contributed by atoms with Crippen LogP contribution in [0.3, 0.4) is 0 Å². The zero-order valence-electron chi connectivity index (χ0n) is 15.2. The first kappa shape index (κ1) is 18.1. The molecule has 0 heterocycles. The molecule has 2 aromatic carbocycles. The highest BCUT2D eigenvalue weighted by Crippen LogP contribution is 2.19. The molecule has 2 rings (SSSR count). The predicted octanol–water partition coefficient (Wildman–Crippen LogP) is 4.68. The van der Waals surface area contributed by atoms with Gasteiger partial charge in [-0.15, -0.1) is 0 Å². The number of hydrogen-bond donors (Lipinski definition) is 1. The predicted molar refractivity (Wildman–Crippen MR) is 98.5 cm³/mol. The molecule has 24 heavy (non-hydrogen) atoms. The molecule has 0 radical (unpaired) electrons. The first-order valence-corrected chi connectivity index (χ1v) is 8.46. The van der Waals surface area contributed by atoms with Crippen molar-refractivity contribution in [1.82, 2.24) is 5.32 Å². The summed E-state index contributed by atoms with van der Waals surface area (Å²) in [7, 11) is 0. The van der Waals surface area contributed by atoms with Gasteiger partial charge in [0.25, 0.3) is 5.91 Å². The van der Waals surface area contributed by atoms with Crippen molar-refractivity contribution in [3.63, 3.8) is 0 Å². The van der Waals surface area contributed by atoms with Crippen LogP contribution in [0.1, 0.15) is 55.0 Å². The lowest BCUT2D eigenvalue weighted by atomic mass is 10.0. The molecular weight excluding hydrogens is 298 g/mol. The van der Waals surface area contributed by atoms with Gasteiger partial charge in [-0.25, -0.2) is 0 Å². The van der Waals surface area contributed by atoms with Crippen molar-refractivity contribution in [3.05, 3.63) is 64.7 Å². The number of ether oxygens (including phenoxy) is 1. The van der Waals surface area contributed by atoms with Crippen molar-refractivity contribution in [2.75, 3.05) is 6.61 Å². The molecule has 0 aliphatic carbocycles. The van der Waals surface area contributed by atoms with Crippen LogP contribution in [0.15, 0.2) is 42.5 Å². The lowest BCUT2D eigenvalue weighted by Crippen LogP contribution is -2.31. The summed E-state index contributed by atoms with van der Waals surface area (Å²) in [5.41, 5.74) is 4.85. The smallest absolute Gasteiger partial charge is 0.258 e. The number of aryl methyl sites for hydroxylation is 2. The molecule has 0 bridgehead atoms. The van der Waals surface area contributed by atoms with Gasteiger partial charge in [0.15, 0.2) is 6.61 Å². The zero-order valence-corrected chi connectivity index (χ0v) is 15.2. The lowest BCUT2D eigenvalue weighted by Gasteiger charge is -2.16. The SMILES string of the molecule is Cc1ccc(C(C)NC(=O)COc2ccc(C(C)C)cc2)cc1C. The molecule has 3 nitrogen and oxygen atoms in total. The molecule has 1 atom stereocenters. The molecule has 0 aliphatic rings. The number of benzene rings is 2. The second-order valence-electron chi connectivity index (χ2n) is 6.65. The highest BCUT2D eigenvalue weighted by atomic mass is 16.5. The quantitative estimate of drug-likeness (QED) is 0.837. The van der Waals surface area contributed by atoms with Crippen LogP contribution in [-0.2, 0) is 4.79 Å². The standard InChI is InChI=1S/C21H27NO2/c1-14(2)18-8-10-20(11-9-18)24-13-21(23)22-17(5)19-7-6-15(3)16(4)12-19/h6-12,14,17H,13H2,1-5H3,(H,22,23). The first-order valence-electron chi connectivity index (χ1n) is 8.46. The van der Waals surface area contributed by atoms with Crippen molar-refractivity contribution in [2.45, 2.75) is 46.6 Å². The number of hydrogen-bond acceptors (Lipinski definition) is 2. The van der Waals surface area contributed by atoms with E-state index >= 15 is 0 Å². The van der Waals surface area contributed by atoms with E-state index in [-0.39, 0.29) is 18.6 Å². The average Bonchev–Trinajstić information content (AvgIpc) is 2.55. The van der Waals surface area contributed by atoms with Gasteiger partial charge in [0.2, 0.25) is 0 Å². The molecule has 1 unspecified atom stereocenters. The van der Waals surface area contributed by atoms with Gasteiger partial charge in [0.05, 0.1) is 6.04 Å². The van der Waals surface area contributed by atoms with Gasteiger partial charge in [0.1, 0.15) is 5.75 Å². The molecule has 1 N–H and O–H groups in total. The Labute approximate surface area is 145 Å². The number of rotatable bonds is 6. The molecule has 0 saturated heterocycles. The Hall–Kier alpha value is -2.29. The van der Waals surface area contributed by atoms with Crippen LogP contribution < -0.4 is 10.1 Å². The third-order valence-electron chi connectivity index (χ3n) is 4.33. The molecule has 3 heteroatoms. The minimum absolute atomic E-state index is 0.0240. The van der Waals surface area contributed by atoms with E-state index in [1.165, 1.54) is 16.7 Å². The first-order chi connectivity index (χ1) is 11.4. The van der Waals surface area contributed by atoms with Crippen molar-refractivity contribution < 1.29 is 9.53 Å². The van der Waals surface area contributed by atoms with E-state index in [4.69, 9.17) is 4.74 Å². The normalized spacial score (nSPS) is 12.1. The average molecular weight is 325 g/mol. The van der Waals surface area contributed by atoms with Gasteiger partial charge >= 0.3 is 0 Å². The molecule has 128 valence electrons. The van der Waals surface area contributed by atoms with Crippen molar-refractivity contribution in [1.29, 1.82) is 0 Å². The minimum atomic E-state index is -0.117. The van der Waals surface area contributed by atoms with Crippen LogP contribution in [0.25, 0.3) is 0 Å². The summed E-state index contributed by atoms with van der Waals surface area (Å²) in [6.07, 6.45) is 0. The number of amides is 1. The summed E-state index contributed by atoms with van der Waals surface area (Å²) in [6, 6.07) is 14.1. The third kappa shape index (κ3) is 4.85. The van der Waals surface area contributed by atoms with E-state index in [1.807, 2.05) is 31.2 Å². The Kier molecular flexibility index (Phi) is 6.02. The van der Waals surface area contributed by atoms with Gasteiger partial charge in [-0.05, 0) is 61.1 Å². The van der Waals surface area contributed by atoms with Crippen molar-refractivity contribution in [2.24, 2.45) is 0 Å². The maximum absolute atomic E-state index is 12.1. The highest BCUT2D eigenvalue weighted by Gasteiger charge is 2.11. The molecule has 0 aromatic heterocycles. The number of carbonyl (C=O) groups excluding carboxylic acids is 1. The Bertz CT molecular complexity index is 689. The van der Waals surface area contributed by atoms with Crippen LogP contribution >= 0.6 is 0 Å². The fourth-order valence-corrected chi connectivity index (χ4v) is 2.50. The van der Waals surface area contributed by atoms with Gasteiger partial charge in [0, 0.05) is 0 Å². The summed E-state index contributed by atoms with van der Waals surface area (Å²) >= 11 is 0. The summed E-state index contributed by atoms with van der Waals surface area (Å²) in [5, 5.41) is 2.98. The molecule has 2 aromatic rings. The van der Waals surface area contributed by atoms with Crippen molar-refractivity contribution in [3.8, 4) is 5.75 Å². The van der Waals surface area contributed by atoms with Crippen LogP contribution in [0, 0.1) is 13.8 Å². The van der Waals surface area contributed by atoms with Crippen LogP contribution in [0.2, 0.25) is 0 Å². The van der Waals surface area contributed by atoms with Gasteiger partial charge in [-0.2, -0.15) is 0 Å². The second kappa shape index (κ2) is 8.00. The maximum Gasteiger partial charge on any atom is 0.258 e. The molecule has 0 fully saturated rings.